The lowest BCUT2D eigenvalue weighted by Gasteiger charge is -2.08. The summed E-state index contributed by atoms with van der Waals surface area (Å²) in [6, 6.07) is 20.3. The summed E-state index contributed by atoms with van der Waals surface area (Å²) in [5, 5.41) is 10.7. The number of rotatable bonds is 5. The van der Waals surface area contributed by atoms with Gasteiger partial charge in [0.05, 0.1) is 27.4 Å². The van der Waals surface area contributed by atoms with Crippen molar-refractivity contribution in [3.8, 4) is 11.5 Å². The van der Waals surface area contributed by atoms with Crippen LogP contribution in [0.4, 0.5) is 0 Å². The SMILES string of the molecule is COc1cc(C=C(C(=O)c2ccccc2)c2nc3ccccc3s2)cc(Br)c1O. The quantitative estimate of drug-likeness (QED) is 0.281. The smallest absolute Gasteiger partial charge is 0.196 e. The third-order valence-corrected chi connectivity index (χ3v) is 6.06. The summed E-state index contributed by atoms with van der Waals surface area (Å²) in [7, 11) is 1.48. The molecule has 0 aliphatic heterocycles. The topological polar surface area (TPSA) is 59.4 Å². The lowest BCUT2D eigenvalue weighted by Crippen LogP contribution is -2.02. The number of para-hydroxylation sites is 1. The van der Waals surface area contributed by atoms with Crippen molar-refractivity contribution in [2.45, 2.75) is 0 Å². The highest BCUT2D eigenvalue weighted by Crippen LogP contribution is 2.37. The Hall–Kier alpha value is -2.96. The van der Waals surface area contributed by atoms with Crippen molar-refractivity contribution in [1.29, 1.82) is 0 Å². The second-order valence-corrected chi connectivity index (χ2v) is 8.18. The normalized spacial score (nSPS) is 11.6. The zero-order valence-electron chi connectivity index (χ0n) is 15.4. The first-order valence-corrected chi connectivity index (χ1v) is 10.4. The minimum Gasteiger partial charge on any atom is -0.503 e. The van der Waals surface area contributed by atoms with Gasteiger partial charge in [-0.15, -0.1) is 11.3 Å². The van der Waals surface area contributed by atoms with Gasteiger partial charge in [-0.2, -0.15) is 0 Å². The zero-order valence-corrected chi connectivity index (χ0v) is 17.8. The van der Waals surface area contributed by atoms with Gasteiger partial charge in [-0.05, 0) is 51.8 Å². The molecule has 4 rings (SSSR count). The second-order valence-electron chi connectivity index (χ2n) is 6.29. The minimum atomic E-state index is -0.118. The lowest BCUT2D eigenvalue weighted by atomic mass is 10.0. The van der Waals surface area contributed by atoms with Gasteiger partial charge in [-0.1, -0.05) is 42.5 Å². The van der Waals surface area contributed by atoms with Gasteiger partial charge >= 0.3 is 0 Å². The number of hydrogen-bond donors (Lipinski definition) is 1. The summed E-state index contributed by atoms with van der Waals surface area (Å²) in [5.41, 5.74) is 2.63. The van der Waals surface area contributed by atoms with Crippen LogP contribution in [0.1, 0.15) is 20.9 Å². The molecule has 0 saturated carbocycles. The van der Waals surface area contributed by atoms with Crippen molar-refractivity contribution < 1.29 is 14.6 Å². The standard InChI is InChI=1S/C23H16BrNO3S/c1-28-19-13-14(12-17(24)22(19)27)11-16(21(26)15-7-3-2-4-8-15)23-25-18-9-5-6-10-20(18)29-23/h2-13,27H,1H3. The number of ether oxygens (including phenoxy) is 1. The van der Waals surface area contributed by atoms with Crippen LogP contribution in [-0.2, 0) is 0 Å². The van der Waals surface area contributed by atoms with E-state index in [-0.39, 0.29) is 11.5 Å². The third-order valence-electron chi connectivity index (χ3n) is 4.39. The summed E-state index contributed by atoms with van der Waals surface area (Å²) in [4.78, 5) is 18.0. The predicted molar refractivity (Wildman–Crippen MR) is 121 cm³/mol. The molecular weight excluding hydrogens is 450 g/mol. The number of nitrogens with zero attached hydrogens (tertiary/aromatic N) is 1. The Morgan fingerprint density at radius 3 is 2.55 bits per heavy atom. The molecule has 0 bridgehead atoms. The molecule has 1 heterocycles. The molecule has 29 heavy (non-hydrogen) atoms. The summed E-state index contributed by atoms with van der Waals surface area (Å²) in [6.07, 6.45) is 1.78. The van der Waals surface area contributed by atoms with E-state index in [4.69, 9.17) is 4.74 Å². The molecule has 0 aliphatic rings. The Morgan fingerprint density at radius 1 is 1.10 bits per heavy atom. The molecule has 0 aliphatic carbocycles. The van der Waals surface area contributed by atoms with Crippen LogP contribution in [0, 0.1) is 0 Å². The van der Waals surface area contributed by atoms with E-state index >= 15 is 0 Å². The van der Waals surface area contributed by atoms with Gasteiger partial charge in [-0.25, -0.2) is 4.98 Å². The van der Waals surface area contributed by atoms with Crippen LogP contribution in [-0.4, -0.2) is 23.0 Å². The molecule has 0 fully saturated rings. The van der Waals surface area contributed by atoms with Crippen molar-refractivity contribution >= 4 is 54.9 Å². The first-order valence-electron chi connectivity index (χ1n) is 8.80. The van der Waals surface area contributed by atoms with Gasteiger partial charge < -0.3 is 9.84 Å². The van der Waals surface area contributed by atoms with Crippen LogP contribution in [0.25, 0.3) is 21.9 Å². The van der Waals surface area contributed by atoms with E-state index < -0.39 is 0 Å². The van der Waals surface area contributed by atoms with Crippen molar-refractivity contribution in [2.24, 2.45) is 0 Å². The number of Topliss-reactive ketones (excluding diaryl/α,β-unsaturated/α-hetero) is 1. The molecule has 0 atom stereocenters. The molecule has 0 unspecified atom stereocenters. The fraction of sp³-hybridized carbons (Fsp3) is 0.0435. The van der Waals surface area contributed by atoms with Crippen molar-refractivity contribution in [3.05, 3.63) is 87.3 Å². The van der Waals surface area contributed by atoms with E-state index in [1.807, 2.05) is 42.5 Å². The second kappa shape index (κ2) is 8.19. The molecule has 0 spiro atoms. The first kappa shape index (κ1) is 19.4. The van der Waals surface area contributed by atoms with Crippen LogP contribution in [0.3, 0.4) is 0 Å². The van der Waals surface area contributed by atoms with E-state index in [9.17, 15) is 9.90 Å². The Morgan fingerprint density at radius 2 is 1.83 bits per heavy atom. The van der Waals surface area contributed by atoms with Crippen LogP contribution in [0.5, 0.6) is 11.5 Å². The number of ketones is 1. The van der Waals surface area contributed by atoms with Crippen LogP contribution in [0.2, 0.25) is 0 Å². The maximum absolute atomic E-state index is 13.3. The van der Waals surface area contributed by atoms with Crippen molar-refractivity contribution in [1.82, 2.24) is 4.98 Å². The molecule has 0 saturated heterocycles. The van der Waals surface area contributed by atoms with Crippen molar-refractivity contribution in [3.63, 3.8) is 0 Å². The van der Waals surface area contributed by atoms with Crippen LogP contribution in [0.15, 0.2) is 71.2 Å². The van der Waals surface area contributed by atoms with Gasteiger partial charge in [-0.3, -0.25) is 4.79 Å². The summed E-state index contributed by atoms with van der Waals surface area (Å²) in [6.45, 7) is 0. The highest BCUT2D eigenvalue weighted by molar-refractivity contribution is 9.10. The zero-order chi connectivity index (χ0) is 20.4. The average molecular weight is 466 g/mol. The van der Waals surface area contributed by atoms with Crippen LogP contribution >= 0.6 is 27.3 Å². The largest absolute Gasteiger partial charge is 0.503 e. The lowest BCUT2D eigenvalue weighted by molar-refractivity contribution is 0.105. The first-order chi connectivity index (χ1) is 14.1. The maximum Gasteiger partial charge on any atom is 0.196 e. The number of phenols is 1. The number of methoxy groups -OCH3 is 1. The molecule has 4 nitrogen and oxygen atoms in total. The predicted octanol–water partition coefficient (Wildman–Crippen LogP) is 6.20. The fourth-order valence-corrected chi connectivity index (χ4v) is 4.39. The number of fused-ring (bicyclic) bond motifs is 1. The number of aromatic nitrogens is 1. The Labute approximate surface area is 180 Å². The molecule has 3 aromatic carbocycles. The summed E-state index contributed by atoms with van der Waals surface area (Å²) >= 11 is 4.81. The molecule has 1 N–H and O–H groups in total. The minimum absolute atomic E-state index is 0.0144. The van der Waals surface area contributed by atoms with E-state index in [0.29, 0.717) is 31.9 Å². The van der Waals surface area contributed by atoms with E-state index in [1.165, 1.54) is 18.4 Å². The molecule has 4 aromatic rings. The molecular formula is C23H16BrNO3S. The number of carbonyl (C=O) groups excluding carboxylic acids is 1. The fourth-order valence-electron chi connectivity index (χ4n) is 2.96. The van der Waals surface area contributed by atoms with E-state index in [0.717, 1.165) is 10.2 Å². The molecule has 6 heteroatoms. The number of benzene rings is 3. The van der Waals surface area contributed by atoms with Gasteiger partial charge in [0.2, 0.25) is 0 Å². The van der Waals surface area contributed by atoms with E-state index in [1.54, 1.807) is 30.3 Å². The average Bonchev–Trinajstić information content (AvgIpc) is 3.18. The number of aromatic hydroxyl groups is 1. The van der Waals surface area contributed by atoms with Crippen LogP contribution < -0.4 is 4.74 Å². The number of carbonyl (C=O) groups is 1. The third kappa shape index (κ3) is 3.95. The molecule has 0 radical (unpaired) electrons. The number of phenolic OH excluding ortho intramolecular Hbond substituents is 1. The molecule has 144 valence electrons. The van der Waals surface area contributed by atoms with Gasteiger partial charge in [0.1, 0.15) is 5.01 Å². The Bertz CT molecular complexity index is 1200. The highest BCUT2D eigenvalue weighted by Gasteiger charge is 2.19. The number of allylic oxidation sites excluding steroid dienone is 1. The number of halogens is 1. The van der Waals surface area contributed by atoms with Gasteiger partial charge in [0.25, 0.3) is 0 Å². The summed E-state index contributed by atoms with van der Waals surface area (Å²) < 4.78 is 6.74. The molecule has 0 amide bonds. The Kier molecular flexibility index (Phi) is 5.47. The van der Waals surface area contributed by atoms with Gasteiger partial charge in [0, 0.05) is 5.56 Å². The maximum atomic E-state index is 13.3. The van der Waals surface area contributed by atoms with E-state index in [2.05, 4.69) is 20.9 Å². The van der Waals surface area contributed by atoms with Gasteiger partial charge in [0.15, 0.2) is 17.3 Å². The highest BCUT2D eigenvalue weighted by atomic mass is 79.9. The molecule has 1 aromatic heterocycles. The summed E-state index contributed by atoms with van der Waals surface area (Å²) in [5.74, 6) is 0.217. The Balaban J connectivity index is 1.89. The monoisotopic (exact) mass is 465 g/mol. The van der Waals surface area contributed by atoms with Crippen molar-refractivity contribution in [2.75, 3.05) is 7.11 Å². The number of thiazole rings is 1. The number of hydrogen-bond acceptors (Lipinski definition) is 5.